The first-order chi connectivity index (χ1) is 32.0. The molecule has 0 spiro atoms. The van der Waals surface area contributed by atoms with Crippen LogP contribution >= 0.6 is 67.5 Å². The van der Waals surface area contributed by atoms with Crippen LogP contribution in [0.2, 0.25) is 0 Å². The number of ether oxygens (including phenoxy) is 2. The molecule has 2 aromatic heterocycles. The van der Waals surface area contributed by atoms with Gasteiger partial charge in [0.15, 0.2) is 5.41 Å². The average molecular weight is 1080 g/mol. The molecule has 7 rings (SSSR count). The Morgan fingerprint density at radius 3 is 2.40 bits per heavy atom. The topological polar surface area (TPSA) is 179 Å². The molecule has 394 valence electrons. The van der Waals surface area contributed by atoms with E-state index < -0.39 is 58.6 Å². The highest BCUT2D eigenvalue weighted by molar-refractivity contribution is 7.60. The number of carbonyl (C=O) groups excluding carboxylic acids is 5. The predicted octanol–water partition coefficient (Wildman–Crippen LogP) is 6.72. The second kappa shape index (κ2) is 26.5. The zero-order valence-electron chi connectivity index (χ0n) is 42.6. The number of hydrogen-bond donors (Lipinski definition) is 2. The fourth-order valence-corrected chi connectivity index (χ4v) is 10.1. The van der Waals surface area contributed by atoms with E-state index in [0.717, 1.165) is 56.2 Å². The van der Waals surface area contributed by atoms with E-state index in [4.69, 9.17) is 14.5 Å². The molecular weight excluding hydrogens is 1010 g/mol. The van der Waals surface area contributed by atoms with E-state index in [2.05, 4.69) is 73.0 Å². The summed E-state index contributed by atoms with van der Waals surface area (Å²) in [7, 11) is 3.16. The van der Waals surface area contributed by atoms with Crippen LogP contribution in [0.3, 0.4) is 0 Å². The normalized spacial score (nSPS) is 20.3. The molecule has 2 N–H and O–H groups in total. The third kappa shape index (κ3) is 13.0. The standard InChI is InChI=1S/C52H64N8O7.5H2S/c1-10-43(61)58-24-21-52(29-53,30-58)50(65)57(8)45(32(3)4)47(62)55-41-26-34-15-12-16-35(25-34)36-19-20-42-38(27-36)39(46(59(42)11-2)37-17-13-22-54-44(37)33(5)66-9)28-51(6,7)31-67-49(64)40-18-14-23-60(56-40)48(41)63;;;;;/h10,12-13,15-17,19-20,22,25,27,32-33,40-41,45,56H,1,11,14,18,21,23-24,26,28,30-31H2,2-9H3,(H,55,62);5*1H2/t33-,40-,41-,45-,52+;;;;;/m0...../s1. The molecular formula is C52H74N8O7S5. The largest absolute Gasteiger partial charge is 0.464 e. The monoisotopic (exact) mass is 1080 g/mol. The zero-order chi connectivity index (χ0) is 48.4. The van der Waals surface area contributed by atoms with E-state index in [1.165, 1.54) is 21.9 Å². The minimum Gasteiger partial charge on any atom is -0.464 e. The van der Waals surface area contributed by atoms with Gasteiger partial charge in [-0.05, 0) is 98.0 Å². The van der Waals surface area contributed by atoms with Crippen LogP contribution in [0.4, 0.5) is 0 Å². The van der Waals surface area contributed by atoms with Gasteiger partial charge in [-0.3, -0.25) is 34.0 Å². The number of fused-ring (bicyclic) bond motifs is 6. The molecule has 6 bridgehead atoms. The second-order valence-corrected chi connectivity index (χ2v) is 19.4. The molecule has 0 aliphatic carbocycles. The van der Waals surface area contributed by atoms with Crippen molar-refractivity contribution in [1.29, 1.82) is 5.26 Å². The zero-order valence-corrected chi connectivity index (χ0v) is 47.6. The summed E-state index contributed by atoms with van der Waals surface area (Å²) in [5.41, 5.74) is 8.69. The van der Waals surface area contributed by atoms with E-state index >= 15 is 0 Å². The van der Waals surface area contributed by atoms with Gasteiger partial charge < -0.3 is 29.2 Å². The van der Waals surface area contributed by atoms with Crippen LogP contribution in [0.15, 0.2) is 73.4 Å². The number of methoxy groups -OCH3 is 1. The molecule has 2 aromatic carbocycles. The van der Waals surface area contributed by atoms with Crippen molar-refractivity contribution in [1.82, 2.24) is 35.1 Å². The fraction of sp³-hybridized carbons (Fsp3) is 0.481. The third-order valence-electron chi connectivity index (χ3n) is 13.6. The van der Waals surface area contributed by atoms with Gasteiger partial charge in [0.25, 0.3) is 5.91 Å². The third-order valence-corrected chi connectivity index (χ3v) is 13.6. The van der Waals surface area contributed by atoms with Gasteiger partial charge in [-0.15, -0.1) is 0 Å². The molecule has 5 heterocycles. The van der Waals surface area contributed by atoms with Crippen molar-refractivity contribution >= 4 is 108 Å². The minimum absolute atomic E-state index is 0. The van der Waals surface area contributed by atoms with Gasteiger partial charge >= 0.3 is 5.97 Å². The quantitative estimate of drug-likeness (QED) is 0.128. The van der Waals surface area contributed by atoms with Crippen molar-refractivity contribution in [2.75, 3.05) is 40.4 Å². The highest BCUT2D eigenvalue weighted by atomic mass is 32.1. The first-order valence-electron chi connectivity index (χ1n) is 23.3. The maximum absolute atomic E-state index is 14.7. The van der Waals surface area contributed by atoms with Gasteiger partial charge in [0.2, 0.25) is 17.7 Å². The fourth-order valence-electron chi connectivity index (χ4n) is 10.1. The molecule has 2 fully saturated rings. The Morgan fingerprint density at radius 2 is 1.75 bits per heavy atom. The first kappa shape index (κ1) is 63.5. The van der Waals surface area contributed by atoms with Crippen LogP contribution in [0.25, 0.3) is 33.3 Å². The number of nitrogens with one attached hydrogen (secondary N) is 2. The molecule has 3 aliphatic rings. The second-order valence-electron chi connectivity index (χ2n) is 19.4. The summed E-state index contributed by atoms with van der Waals surface area (Å²) in [4.78, 5) is 77.5. The van der Waals surface area contributed by atoms with Crippen molar-refractivity contribution in [3.63, 3.8) is 0 Å². The molecule has 0 unspecified atom stereocenters. The molecule has 72 heavy (non-hydrogen) atoms. The number of benzene rings is 2. The Morgan fingerprint density at radius 1 is 1.04 bits per heavy atom. The number of nitriles is 1. The van der Waals surface area contributed by atoms with Crippen molar-refractivity contribution in [3.8, 4) is 28.5 Å². The van der Waals surface area contributed by atoms with Crippen molar-refractivity contribution < 1.29 is 33.4 Å². The number of amides is 4. The number of pyridine rings is 1. The van der Waals surface area contributed by atoms with Crippen LogP contribution in [0.5, 0.6) is 0 Å². The van der Waals surface area contributed by atoms with Crippen LogP contribution in [-0.2, 0) is 52.8 Å². The summed E-state index contributed by atoms with van der Waals surface area (Å²) >= 11 is 0. The molecule has 15 nitrogen and oxygen atoms in total. The maximum atomic E-state index is 14.7. The van der Waals surface area contributed by atoms with Crippen LogP contribution < -0.4 is 10.7 Å². The van der Waals surface area contributed by atoms with Crippen molar-refractivity contribution in [2.45, 2.75) is 104 Å². The summed E-state index contributed by atoms with van der Waals surface area (Å²) in [5, 5.41) is 15.8. The Balaban J connectivity index is 0.00000355. The number of carbonyl (C=O) groups is 5. The first-order valence-corrected chi connectivity index (χ1v) is 23.3. The number of hydrogen-bond acceptors (Lipinski definition) is 10. The van der Waals surface area contributed by atoms with Crippen LogP contribution in [0.1, 0.15) is 83.7 Å². The van der Waals surface area contributed by atoms with Crippen LogP contribution in [-0.4, -0.2) is 112 Å². The molecule has 4 aromatic rings. The lowest BCUT2D eigenvalue weighted by Gasteiger charge is -2.37. The Labute approximate surface area is 459 Å². The van der Waals surface area contributed by atoms with Crippen molar-refractivity contribution in [2.24, 2.45) is 16.7 Å². The number of aryl methyl sites for hydroxylation is 1. The minimum atomic E-state index is -1.55. The summed E-state index contributed by atoms with van der Waals surface area (Å²) < 4.78 is 14.2. The lowest BCUT2D eigenvalue weighted by atomic mass is 9.84. The number of likely N-dealkylation sites (tertiary alicyclic amines) is 1. The van der Waals surface area contributed by atoms with E-state index in [1.54, 1.807) is 27.2 Å². The van der Waals surface area contributed by atoms with Gasteiger partial charge in [-0.1, -0.05) is 64.6 Å². The average Bonchev–Trinajstić information content (AvgIpc) is 3.91. The van der Waals surface area contributed by atoms with E-state index in [0.29, 0.717) is 25.8 Å². The summed E-state index contributed by atoms with van der Waals surface area (Å²) in [6.07, 6.45) is 4.40. The summed E-state index contributed by atoms with van der Waals surface area (Å²) in [6.45, 7) is 16.6. The van der Waals surface area contributed by atoms with E-state index in [9.17, 15) is 29.2 Å². The van der Waals surface area contributed by atoms with Crippen LogP contribution in [0, 0.1) is 28.1 Å². The number of rotatable bonds is 10. The van der Waals surface area contributed by atoms with Gasteiger partial charge in [0, 0.05) is 74.8 Å². The number of nitrogens with zero attached hydrogens (tertiary/aromatic N) is 6. The number of esters is 1. The predicted molar refractivity (Wildman–Crippen MR) is 306 cm³/mol. The van der Waals surface area contributed by atoms with E-state index in [-0.39, 0.29) is 119 Å². The lowest BCUT2D eigenvalue weighted by molar-refractivity contribution is -0.155. The molecule has 3 aliphatic heterocycles. The van der Waals surface area contributed by atoms with Crippen molar-refractivity contribution in [3.05, 3.63) is 90.3 Å². The van der Waals surface area contributed by atoms with E-state index in [1.807, 2.05) is 37.3 Å². The smallest absolute Gasteiger partial charge is 0.324 e. The molecule has 4 amide bonds. The highest BCUT2D eigenvalue weighted by Crippen LogP contribution is 2.42. The van der Waals surface area contributed by atoms with Gasteiger partial charge in [0.05, 0.1) is 30.2 Å². The Hall–Kier alpha value is -4.62. The van der Waals surface area contributed by atoms with Gasteiger partial charge in [0.1, 0.15) is 18.1 Å². The molecule has 20 heteroatoms. The molecule has 2 saturated heterocycles. The lowest BCUT2D eigenvalue weighted by Crippen LogP contribution is -2.62. The molecule has 0 saturated carbocycles. The Bertz CT molecular complexity index is 2640. The molecule has 5 atom stereocenters. The van der Waals surface area contributed by atoms with Gasteiger partial charge in [-0.2, -0.15) is 72.7 Å². The number of cyclic esters (lactones) is 1. The SMILES string of the molecule is C=CC(=O)N1CC[C@](C#N)(C(=O)N(C)[C@H](C(=O)N[C@H]2Cc3cccc(c3)-c3ccc4c(c3)c(c(-c3cccnc3[C@H](C)OC)n4CC)CC(C)(C)COC(=O)[C@@H]3CCCN(N3)C2=O)C(C)C)C1.S.S.S.S.S. The summed E-state index contributed by atoms with van der Waals surface area (Å²) in [5.74, 6) is -2.90. The maximum Gasteiger partial charge on any atom is 0.324 e. The highest BCUT2D eigenvalue weighted by Gasteiger charge is 2.50. The molecule has 0 radical (unpaired) electrons. The number of aromatic nitrogens is 2. The number of likely N-dealkylation sites (N-methyl/N-ethyl adjacent to an activating group) is 1. The Kier molecular flexibility index (Phi) is 23.4. The van der Waals surface area contributed by atoms with Gasteiger partial charge in [-0.25, -0.2) is 5.43 Å². The number of hydrazine groups is 1. The summed E-state index contributed by atoms with van der Waals surface area (Å²) in [6, 6.07) is 17.5.